The predicted molar refractivity (Wildman–Crippen MR) is 76.3 cm³/mol. The van der Waals surface area contributed by atoms with Crippen LogP contribution in [0.2, 0.25) is 0 Å². The number of anilines is 1. The van der Waals surface area contributed by atoms with Crippen molar-refractivity contribution in [1.29, 1.82) is 0 Å². The van der Waals surface area contributed by atoms with Crippen LogP contribution in [0.25, 0.3) is 0 Å². The van der Waals surface area contributed by atoms with E-state index in [4.69, 9.17) is 4.42 Å². The van der Waals surface area contributed by atoms with E-state index >= 15 is 0 Å². The third-order valence-corrected chi connectivity index (χ3v) is 3.17. The van der Waals surface area contributed by atoms with E-state index in [0.717, 1.165) is 5.56 Å². The molecular weight excluding hydrogens is 312 g/mol. The van der Waals surface area contributed by atoms with Gasteiger partial charge in [-0.15, -0.1) is 0 Å². The summed E-state index contributed by atoms with van der Waals surface area (Å²) in [5.41, 5.74) is 1.40. The minimum atomic E-state index is -0.389. The van der Waals surface area contributed by atoms with Crippen LogP contribution in [0.5, 0.6) is 0 Å². The van der Waals surface area contributed by atoms with Gasteiger partial charge in [-0.1, -0.05) is 6.07 Å². The topological polar surface area (TPSA) is 68.3 Å². The number of hydrogen-bond acceptors (Lipinski definition) is 4. The van der Waals surface area contributed by atoms with Crippen LogP contribution in [0.1, 0.15) is 24.3 Å². The number of nitrogens with zero attached hydrogens (tertiary/aromatic N) is 1. The number of halogens is 1. The molecule has 19 heavy (non-hydrogen) atoms. The van der Waals surface area contributed by atoms with E-state index in [1.165, 1.54) is 0 Å². The third-order valence-electron chi connectivity index (χ3n) is 2.74. The van der Waals surface area contributed by atoms with Crippen molar-refractivity contribution in [3.8, 4) is 0 Å². The lowest BCUT2D eigenvalue weighted by Gasteiger charge is -2.13. The van der Waals surface area contributed by atoms with Gasteiger partial charge in [0, 0.05) is 6.07 Å². The predicted octanol–water partition coefficient (Wildman–Crippen LogP) is 4.43. The lowest BCUT2D eigenvalue weighted by atomic mass is 10.1. The van der Waals surface area contributed by atoms with Gasteiger partial charge < -0.3 is 9.73 Å². The molecule has 2 rings (SSSR count). The maximum Gasteiger partial charge on any atom is 0.292 e. The molecule has 0 radical (unpaired) electrons. The highest BCUT2D eigenvalue weighted by molar-refractivity contribution is 9.10. The molecule has 6 heteroatoms. The summed E-state index contributed by atoms with van der Waals surface area (Å²) in [5, 5.41) is 14.1. The molecule has 0 bridgehead atoms. The molecule has 0 aliphatic rings. The van der Waals surface area contributed by atoms with Gasteiger partial charge in [-0.25, -0.2) is 0 Å². The van der Waals surface area contributed by atoms with Gasteiger partial charge in [0.05, 0.1) is 11.0 Å². The molecule has 1 atom stereocenters. The lowest BCUT2D eigenvalue weighted by Crippen LogP contribution is -2.07. The summed E-state index contributed by atoms with van der Waals surface area (Å²) < 4.78 is 6.06. The van der Waals surface area contributed by atoms with Crippen LogP contribution < -0.4 is 5.32 Å². The molecule has 0 fully saturated rings. The molecule has 5 nitrogen and oxygen atoms in total. The Morgan fingerprint density at radius 2 is 2.11 bits per heavy atom. The number of hydrogen-bond donors (Lipinski definition) is 1. The molecule has 1 aromatic carbocycles. The van der Waals surface area contributed by atoms with Gasteiger partial charge in [0.2, 0.25) is 0 Å². The summed E-state index contributed by atoms with van der Waals surface area (Å²) in [6.45, 7) is 3.71. The Hall–Kier alpha value is -1.82. The summed E-state index contributed by atoms with van der Waals surface area (Å²) in [7, 11) is 0. The fourth-order valence-corrected chi connectivity index (χ4v) is 2.10. The Morgan fingerprint density at radius 1 is 1.37 bits per heavy atom. The number of rotatable bonds is 4. The Kier molecular flexibility index (Phi) is 3.90. The molecular formula is C13H13BrN2O3. The minimum absolute atomic E-state index is 0.0671. The van der Waals surface area contributed by atoms with Crippen LogP contribution >= 0.6 is 15.9 Å². The number of nitro benzene ring substituents is 1. The average Bonchev–Trinajstić information content (AvgIpc) is 2.78. The van der Waals surface area contributed by atoms with Crippen LogP contribution in [-0.4, -0.2) is 4.92 Å². The molecule has 0 aliphatic heterocycles. The quantitative estimate of drug-likeness (QED) is 0.667. The van der Waals surface area contributed by atoms with Crippen LogP contribution in [0.3, 0.4) is 0 Å². The second-order valence-corrected chi connectivity index (χ2v) is 5.07. The highest BCUT2D eigenvalue weighted by Crippen LogP contribution is 2.30. The molecule has 1 heterocycles. The third kappa shape index (κ3) is 3.14. The largest absolute Gasteiger partial charge is 0.452 e. The Balaban J connectivity index is 2.26. The number of aryl methyl sites for hydroxylation is 1. The highest BCUT2D eigenvalue weighted by Gasteiger charge is 2.17. The number of nitro groups is 1. The Morgan fingerprint density at radius 3 is 2.68 bits per heavy atom. The van der Waals surface area contributed by atoms with Crippen molar-refractivity contribution in [2.24, 2.45) is 0 Å². The van der Waals surface area contributed by atoms with E-state index in [2.05, 4.69) is 21.2 Å². The SMILES string of the molecule is Cc1ccc(NC(C)c2ccc(Br)o2)c([N+](=O)[O-])c1. The second-order valence-electron chi connectivity index (χ2n) is 4.29. The fourth-order valence-electron chi connectivity index (χ4n) is 1.78. The average molecular weight is 325 g/mol. The fraction of sp³-hybridized carbons (Fsp3) is 0.231. The zero-order chi connectivity index (χ0) is 14.0. The molecule has 1 unspecified atom stereocenters. The monoisotopic (exact) mass is 324 g/mol. The van der Waals surface area contributed by atoms with Crippen LogP contribution in [0.4, 0.5) is 11.4 Å². The summed E-state index contributed by atoms with van der Waals surface area (Å²) in [6, 6.07) is 8.54. The van der Waals surface area contributed by atoms with E-state index in [-0.39, 0.29) is 16.7 Å². The van der Waals surface area contributed by atoms with E-state index < -0.39 is 0 Å². The number of benzene rings is 1. The Bertz CT molecular complexity index is 610. The van der Waals surface area contributed by atoms with E-state index in [0.29, 0.717) is 16.1 Å². The first-order chi connectivity index (χ1) is 8.97. The lowest BCUT2D eigenvalue weighted by molar-refractivity contribution is -0.384. The van der Waals surface area contributed by atoms with Crippen molar-refractivity contribution in [1.82, 2.24) is 0 Å². The van der Waals surface area contributed by atoms with Crippen LogP contribution in [0, 0.1) is 17.0 Å². The van der Waals surface area contributed by atoms with Crippen LogP contribution in [0.15, 0.2) is 39.4 Å². The van der Waals surface area contributed by atoms with Gasteiger partial charge in [-0.2, -0.15) is 0 Å². The summed E-state index contributed by atoms with van der Waals surface area (Å²) in [5.74, 6) is 0.710. The zero-order valence-corrected chi connectivity index (χ0v) is 12.1. The molecule has 0 saturated carbocycles. The van der Waals surface area contributed by atoms with Crippen molar-refractivity contribution in [3.63, 3.8) is 0 Å². The number of nitrogens with one attached hydrogen (secondary N) is 1. The van der Waals surface area contributed by atoms with E-state index in [9.17, 15) is 10.1 Å². The van der Waals surface area contributed by atoms with Crippen molar-refractivity contribution in [3.05, 3.63) is 56.4 Å². The van der Waals surface area contributed by atoms with Crippen molar-refractivity contribution in [2.75, 3.05) is 5.32 Å². The van der Waals surface area contributed by atoms with Gasteiger partial charge in [-0.3, -0.25) is 10.1 Å². The van der Waals surface area contributed by atoms with Gasteiger partial charge in [0.25, 0.3) is 5.69 Å². The molecule has 0 saturated heterocycles. The highest BCUT2D eigenvalue weighted by atomic mass is 79.9. The molecule has 0 amide bonds. The normalized spacial score (nSPS) is 12.2. The van der Waals surface area contributed by atoms with Gasteiger partial charge >= 0.3 is 0 Å². The minimum Gasteiger partial charge on any atom is -0.452 e. The summed E-state index contributed by atoms with van der Waals surface area (Å²) >= 11 is 3.23. The maximum absolute atomic E-state index is 11.0. The first-order valence-electron chi connectivity index (χ1n) is 5.74. The van der Waals surface area contributed by atoms with Gasteiger partial charge in [0.1, 0.15) is 11.4 Å². The first kappa shape index (κ1) is 13.6. The molecule has 2 aromatic rings. The van der Waals surface area contributed by atoms with Crippen molar-refractivity contribution < 1.29 is 9.34 Å². The van der Waals surface area contributed by atoms with E-state index in [1.807, 2.05) is 26.0 Å². The smallest absolute Gasteiger partial charge is 0.292 e. The van der Waals surface area contributed by atoms with Crippen LogP contribution in [-0.2, 0) is 0 Å². The first-order valence-corrected chi connectivity index (χ1v) is 6.53. The van der Waals surface area contributed by atoms with E-state index in [1.54, 1.807) is 18.2 Å². The molecule has 100 valence electrons. The van der Waals surface area contributed by atoms with Gasteiger partial charge in [-0.05, 0) is 53.5 Å². The summed E-state index contributed by atoms with van der Waals surface area (Å²) in [6.07, 6.45) is 0. The van der Waals surface area contributed by atoms with Gasteiger partial charge in [0.15, 0.2) is 4.67 Å². The van der Waals surface area contributed by atoms with Crippen molar-refractivity contribution in [2.45, 2.75) is 19.9 Å². The second kappa shape index (κ2) is 5.44. The van der Waals surface area contributed by atoms with Crippen molar-refractivity contribution >= 4 is 27.3 Å². The number of furan rings is 1. The molecule has 1 N–H and O–H groups in total. The standard InChI is InChI=1S/C13H13BrN2O3/c1-8-3-4-10(11(7-8)16(17)18)15-9(2)12-5-6-13(14)19-12/h3-7,9,15H,1-2H3. The molecule has 0 spiro atoms. The molecule has 0 aliphatic carbocycles. The summed E-state index contributed by atoms with van der Waals surface area (Å²) in [4.78, 5) is 10.6. The maximum atomic E-state index is 11.0. The molecule has 1 aromatic heterocycles. The Labute approximate surface area is 118 Å². The zero-order valence-electron chi connectivity index (χ0n) is 10.5.